The van der Waals surface area contributed by atoms with E-state index in [1.54, 1.807) is 0 Å². The molecule has 4 heteroatoms. The van der Waals surface area contributed by atoms with Gasteiger partial charge >= 0.3 is 0 Å². The Bertz CT molecular complexity index is 352. The van der Waals surface area contributed by atoms with Crippen LogP contribution in [0.25, 0.3) is 0 Å². The number of hydrogen-bond acceptors (Lipinski definition) is 4. The van der Waals surface area contributed by atoms with Crippen molar-refractivity contribution in [1.82, 2.24) is 4.98 Å². The number of aliphatic hydroxyl groups is 1. The van der Waals surface area contributed by atoms with Gasteiger partial charge < -0.3 is 15.3 Å². The Labute approximate surface area is 103 Å². The fraction of sp³-hybridized carbons (Fsp3) is 0.615. The highest BCUT2D eigenvalue weighted by atomic mass is 16.3. The molecule has 0 spiro atoms. The van der Waals surface area contributed by atoms with Gasteiger partial charge in [-0.3, -0.25) is 4.98 Å². The van der Waals surface area contributed by atoms with Gasteiger partial charge in [0.2, 0.25) is 0 Å². The van der Waals surface area contributed by atoms with Gasteiger partial charge in [0, 0.05) is 26.2 Å². The average molecular weight is 235 g/mol. The normalized spacial score (nSPS) is 15.4. The van der Waals surface area contributed by atoms with E-state index < -0.39 is 0 Å². The highest BCUT2D eigenvalue weighted by molar-refractivity contribution is 5.56. The summed E-state index contributed by atoms with van der Waals surface area (Å²) in [6.07, 6.45) is 8.40. The summed E-state index contributed by atoms with van der Waals surface area (Å²) in [6.45, 7) is 1.17. The lowest BCUT2D eigenvalue weighted by Crippen LogP contribution is -2.41. The summed E-state index contributed by atoms with van der Waals surface area (Å²) in [7, 11) is 1.90. The van der Waals surface area contributed by atoms with Crippen LogP contribution in [-0.4, -0.2) is 36.3 Å². The molecule has 2 N–H and O–H groups in total. The molecule has 0 aliphatic heterocycles. The Morgan fingerprint density at radius 1 is 1.47 bits per heavy atom. The highest BCUT2D eigenvalue weighted by Crippen LogP contribution is 2.30. The smallest absolute Gasteiger partial charge is 0.0576 e. The maximum atomic E-state index is 8.98. The van der Waals surface area contributed by atoms with Crippen LogP contribution in [0.1, 0.15) is 25.7 Å². The molecule has 2 rings (SSSR count). The predicted octanol–water partition coefficient (Wildman–Crippen LogP) is 1.86. The summed E-state index contributed by atoms with van der Waals surface area (Å²) in [5.74, 6) is 0. The zero-order valence-electron chi connectivity index (χ0n) is 10.4. The molecule has 0 bridgehead atoms. The first-order valence-electron chi connectivity index (χ1n) is 6.35. The Morgan fingerprint density at radius 3 is 2.88 bits per heavy atom. The molecule has 0 atom stereocenters. The topological polar surface area (TPSA) is 48.4 Å². The fourth-order valence-electron chi connectivity index (χ4n) is 2.18. The summed E-state index contributed by atoms with van der Waals surface area (Å²) in [4.78, 5) is 6.64. The lowest BCUT2D eigenvalue weighted by molar-refractivity contribution is 0.283. The van der Waals surface area contributed by atoms with Crippen LogP contribution in [0, 0.1) is 0 Å². The third-order valence-corrected chi connectivity index (χ3v) is 3.42. The molecule has 0 saturated heterocycles. The molecule has 1 heterocycles. The maximum Gasteiger partial charge on any atom is 0.0576 e. The van der Waals surface area contributed by atoms with Crippen LogP contribution >= 0.6 is 0 Å². The SMILES string of the molecule is CNc1cncc(N(CCCO)C2CCC2)c1. The molecular weight excluding hydrogens is 214 g/mol. The zero-order chi connectivity index (χ0) is 12.1. The second-order valence-electron chi connectivity index (χ2n) is 4.54. The van der Waals surface area contributed by atoms with Gasteiger partial charge in [0.15, 0.2) is 0 Å². The zero-order valence-corrected chi connectivity index (χ0v) is 10.4. The molecule has 0 radical (unpaired) electrons. The molecule has 17 heavy (non-hydrogen) atoms. The van der Waals surface area contributed by atoms with E-state index in [-0.39, 0.29) is 6.61 Å². The van der Waals surface area contributed by atoms with Crippen molar-refractivity contribution in [2.24, 2.45) is 0 Å². The lowest BCUT2D eigenvalue weighted by Gasteiger charge is -2.39. The minimum Gasteiger partial charge on any atom is -0.396 e. The minimum atomic E-state index is 0.252. The number of rotatable bonds is 6. The third kappa shape index (κ3) is 2.88. The third-order valence-electron chi connectivity index (χ3n) is 3.42. The molecule has 94 valence electrons. The van der Waals surface area contributed by atoms with Crippen molar-refractivity contribution in [3.63, 3.8) is 0 Å². The van der Waals surface area contributed by atoms with Gasteiger partial charge in [-0.2, -0.15) is 0 Å². The van der Waals surface area contributed by atoms with Crippen LogP contribution in [0.4, 0.5) is 11.4 Å². The van der Waals surface area contributed by atoms with Crippen molar-refractivity contribution in [3.8, 4) is 0 Å². The summed E-state index contributed by atoms with van der Waals surface area (Å²) in [5, 5.41) is 12.1. The van der Waals surface area contributed by atoms with E-state index in [4.69, 9.17) is 5.11 Å². The quantitative estimate of drug-likeness (QED) is 0.790. The van der Waals surface area contributed by atoms with E-state index in [1.807, 2.05) is 19.4 Å². The standard InChI is InChI=1S/C13H21N3O/c1-14-11-8-13(10-15-9-11)16(6-3-7-17)12-4-2-5-12/h8-10,12,14,17H,2-7H2,1H3. The molecule has 1 aromatic rings. The number of aromatic nitrogens is 1. The molecular formula is C13H21N3O. The first-order valence-corrected chi connectivity index (χ1v) is 6.35. The van der Waals surface area contributed by atoms with E-state index in [9.17, 15) is 0 Å². The molecule has 4 nitrogen and oxygen atoms in total. The Morgan fingerprint density at radius 2 is 2.29 bits per heavy atom. The molecule has 0 unspecified atom stereocenters. The van der Waals surface area contributed by atoms with Crippen molar-refractivity contribution < 1.29 is 5.11 Å². The van der Waals surface area contributed by atoms with Gasteiger partial charge in [-0.05, 0) is 31.7 Å². The number of hydrogen-bond donors (Lipinski definition) is 2. The second-order valence-corrected chi connectivity index (χ2v) is 4.54. The van der Waals surface area contributed by atoms with Gasteiger partial charge in [-0.25, -0.2) is 0 Å². The molecule has 0 amide bonds. The monoisotopic (exact) mass is 235 g/mol. The molecule has 1 aromatic heterocycles. The summed E-state index contributed by atoms with van der Waals surface area (Å²) in [6, 6.07) is 2.76. The second kappa shape index (κ2) is 5.87. The first-order chi connectivity index (χ1) is 8.35. The number of nitrogens with zero attached hydrogens (tertiary/aromatic N) is 2. The van der Waals surface area contributed by atoms with Gasteiger partial charge in [0.05, 0.1) is 23.8 Å². The highest BCUT2D eigenvalue weighted by Gasteiger charge is 2.25. The summed E-state index contributed by atoms with van der Waals surface area (Å²) >= 11 is 0. The summed E-state index contributed by atoms with van der Waals surface area (Å²) < 4.78 is 0. The molecule has 1 aliphatic rings. The van der Waals surface area contributed by atoms with E-state index >= 15 is 0 Å². The molecule has 0 aromatic carbocycles. The average Bonchev–Trinajstić information content (AvgIpc) is 2.32. The van der Waals surface area contributed by atoms with E-state index in [0.29, 0.717) is 6.04 Å². The van der Waals surface area contributed by atoms with Crippen molar-refractivity contribution >= 4 is 11.4 Å². The van der Waals surface area contributed by atoms with Crippen LogP contribution in [0.3, 0.4) is 0 Å². The van der Waals surface area contributed by atoms with Crippen LogP contribution < -0.4 is 10.2 Å². The first kappa shape index (κ1) is 12.2. The Kier molecular flexibility index (Phi) is 4.20. The molecule has 1 fully saturated rings. The van der Waals surface area contributed by atoms with E-state index in [2.05, 4.69) is 21.3 Å². The Hall–Kier alpha value is -1.29. The van der Waals surface area contributed by atoms with E-state index in [1.165, 1.54) is 19.3 Å². The maximum absolute atomic E-state index is 8.98. The number of nitrogens with one attached hydrogen (secondary N) is 1. The number of anilines is 2. The van der Waals surface area contributed by atoms with Crippen molar-refractivity contribution in [1.29, 1.82) is 0 Å². The fourth-order valence-corrected chi connectivity index (χ4v) is 2.18. The lowest BCUT2D eigenvalue weighted by atomic mass is 9.91. The Balaban J connectivity index is 2.11. The van der Waals surface area contributed by atoms with Gasteiger partial charge in [0.1, 0.15) is 0 Å². The van der Waals surface area contributed by atoms with Gasteiger partial charge in [0.25, 0.3) is 0 Å². The minimum absolute atomic E-state index is 0.252. The predicted molar refractivity (Wildman–Crippen MR) is 70.5 cm³/mol. The summed E-state index contributed by atoms with van der Waals surface area (Å²) in [5.41, 5.74) is 2.20. The van der Waals surface area contributed by atoms with Gasteiger partial charge in [-0.15, -0.1) is 0 Å². The largest absolute Gasteiger partial charge is 0.396 e. The van der Waals surface area contributed by atoms with E-state index in [0.717, 1.165) is 24.3 Å². The van der Waals surface area contributed by atoms with Gasteiger partial charge in [-0.1, -0.05) is 0 Å². The van der Waals surface area contributed by atoms with Crippen molar-refractivity contribution in [2.75, 3.05) is 30.4 Å². The van der Waals surface area contributed by atoms with Crippen LogP contribution in [-0.2, 0) is 0 Å². The van der Waals surface area contributed by atoms with Crippen LogP contribution in [0.15, 0.2) is 18.5 Å². The van der Waals surface area contributed by atoms with Crippen LogP contribution in [0.5, 0.6) is 0 Å². The molecule has 1 saturated carbocycles. The number of aliphatic hydroxyl groups excluding tert-OH is 1. The molecule has 1 aliphatic carbocycles. The van der Waals surface area contributed by atoms with Crippen LogP contribution in [0.2, 0.25) is 0 Å². The van der Waals surface area contributed by atoms with Crippen molar-refractivity contribution in [2.45, 2.75) is 31.7 Å². The number of pyridine rings is 1. The van der Waals surface area contributed by atoms with Crippen molar-refractivity contribution in [3.05, 3.63) is 18.5 Å².